The van der Waals surface area contributed by atoms with Gasteiger partial charge in [0.25, 0.3) is 0 Å². The van der Waals surface area contributed by atoms with E-state index >= 15 is 0 Å². The molecule has 0 radical (unpaired) electrons. The number of carbonyl (C=O) groups excluding carboxylic acids is 1. The maximum absolute atomic E-state index is 13.1. The van der Waals surface area contributed by atoms with Crippen LogP contribution in [0.5, 0.6) is 5.75 Å². The Morgan fingerprint density at radius 1 is 1.35 bits per heavy atom. The van der Waals surface area contributed by atoms with E-state index in [-0.39, 0.29) is 11.6 Å². The number of benzene rings is 1. The summed E-state index contributed by atoms with van der Waals surface area (Å²) >= 11 is 1.32. The summed E-state index contributed by atoms with van der Waals surface area (Å²) in [7, 11) is 1.52. The number of rotatable bonds is 3. The van der Waals surface area contributed by atoms with E-state index in [1.54, 1.807) is 24.4 Å². The molecule has 0 saturated heterocycles. The first-order valence-corrected chi connectivity index (χ1v) is 5.94. The molecule has 0 amide bonds. The Hall–Kier alpha value is -1.68. The highest BCUT2D eigenvalue weighted by molar-refractivity contribution is 7.12. The van der Waals surface area contributed by atoms with Crippen LogP contribution < -0.4 is 4.74 Å². The second kappa shape index (κ2) is 4.67. The molecule has 0 bridgehead atoms. The lowest BCUT2D eigenvalue weighted by molar-refractivity contribution is 0.104. The molecule has 0 saturated carbocycles. The zero-order valence-corrected chi connectivity index (χ0v) is 10.3. The number of ketones is 1. The maximum Gasteiger partial charge on any atom is 0.206 e. The van der Waals surface area contributed by atoms with Crippen LogP contribution in [0.3, 0.4) is 0 Å². The van der Waals surface area contributed by atoms with E-state index in [1.807, 2.05) is 0 Å². The third kappa shape index (κ3) is 2.22. The number of thiophene rings is 1. The standard InChI is InChI=1S/C13H11FO2S/c1-8-7-9(3-4-10(8)14)12(15)13-11(16-2)5-6-17-13/h3-7H,1-2H3. The minimum atomic E-state index is -0.306. The van der Waals surface area contributed by atoms with Crippen molar-refractivity contribution in [1.29, 1.82) is 0 Å². The molecule has 0 aliphatic rings. The molecule has 0 fully saturated rings. The van der Waals surface area contributed by atoms with Crippen LogP contribution in [0, 0.1) is 12.7 Å². The van der Waals surface area contributed by atoms with Gasteiger partial charge in [-0.2, -0.15) is 0 Å². The van der Waals surface area contributed by atoms with Gasteiger partial charge in [0.2, 0.25) is 5.78 Å². The number of aryl methyl sites for hydroxylation is 1. The predicted molar refractivity (Wildman–Crippen MR) is 65.4 cm³/mol. The second-order valence-electron chi connectivity index (χ2n) is 3.61. The average Bonchev–Trinajstić information content (AvgIpc) is 2.80. The minimum absolute atomic E-state index is 0.139. The van der Waals surface area contributed by atoms with E-state index in [0.29, 0.717) is 21.8 Å². The van der Waals surface area contributed by atoms with Crippen LogP contribution in [0.15, 0.2) is 29.6 Å². The Balaban J connectivity index is 2.40. The maximum atomic E-state index is 13.1. The monoisotopic (exact) mass is 250 g/mol. The predicted octanol–water partition coefficient (Wildman–Crippen LogP) is 3.44. The Kier molecular flexibility index (Phi) is 3.24. The number of halogens is 1. The van der Waals surface area contributed by atoms with Crippen molar-refractivity contribution in [2.75, 3.05) is 7.11 Å². The molecular formula is C13H11FO2S. The normalized spacial score (nSPS) is 10.3. The van der Waals surface area contributed by atoms with E-state index in [9.17, 15) is 9.18 Å². The fourth-order valence-electron chi connectivity index (χ4n) is 1.54. The molecule has 0 N–H and O–H groups in total. The molecule has 0 aliphatic carbocycles. The van der Waals surface area contributed by atoms with Crippen LogP contribution in [0.1, 0.15) is 20.8 Å². The summed E-state index contributed by atoms with van der Waals surface area (Å²) in [5, 5.41) is 1.79. The molecule has 0 atom stereocenters. The molecule has 1 aromatic heterocycles. The van der Waals surface area contributed by atoms with Gasteiger partial charge in [-0.25, -0.2) is 4.39 Å². The first-order chi connectivity index (χ1) is 8.13. The minimum Gasteiger partial charge on any atom is -0.495 e. The van der Waals surface area contributed by atoms with Gasteiger partial charge in [-0.15, -0.1) is 11.3 Å². The van der Waals surface area contributed by atoms with Gasteiger partial charge in [0.15, 0.2) is 0 Å². The molecule has 4 heteroatoms. The van der Waals surface area contributed by atoms with Crippen molar-refractivity contribution in [1.82, 2.24) is 0 Å². The number of methoxy groups -OCH3 is 1. The zero-order valence-electron chi connectivity index (χ0n) is 9.49. The van der Waals surface area contributed by atoms with E-state index in [2.05, 4.69) is 0 Å². The topological polar surface area (TPSA) is 26.3 Å². The molecule has 1 aromatic carbocycles. The van der Waals surface area contributed by atoms with E-state index in [0.717, 1.165) is 0 Å². The second-order valence-corrected chi connectivity index (χ2v) is 4.53. The molecule has 2 rings (SSSR count). The fourth-order valence-corrected chi connectivity index (χ4v) is 2.36. The van der Waals surface area contributed by atoms with Gasteiger partial charge < -0.3 is 4.74 Å². The molecule has 2 aromatic rings. The highest BCUT2D eigenvalue weighted by atomic mass is 32.1. The summed E-state index contributed by atoms with van der Waals surface area (Å²) in [5.41, 5.74) is 0.941. The molecule has 0 aliphatic heterocycles. The molecule has 2 nitrogen and oxygen atoms in total. The Morgan fingerprint density at radius 3 is 2.76 bits per heavy atom. The van der Waals surface area contributed by atoms with Crippen molar-refractivity contribution in [3.05, 3.63) is 51.5 Å². The van der Waals surface area contributed by atoms with Gasteiger partial charge in [0, 0.05) is 5.56 Å². The van der Waals surface area contributed by atoms with E-state index < -0.39 is 0 Å². The number of ether oxygens (including phenoxy) is 1. The summed E-state index contributed by atoms with van der Waals surface area (Å²) in [6.45, 7) is 1.64. The molecule has 0 spiro atoms. The number of hydrogen-bond acceptors (Lipinski definition) is 3. The van der Waals surface area contributed by atoms with Crippen molar-refractivity contribution in [2.45, 2.75) is 6.92 Å². The highest BCUT2D eigenvalue weighted by Gasteiger charge is 2.16. The number of hydrogen-bond donors (Lipinski definition) is 0. The van der Waals surface area contributed by atoms with Crippen molar-refractivity contribution in [3.63, 3.8) is 0 Å². The third-order valence-corrected chi connectivity index (χ3v) is 3.37. The SMILES string of the molecule is COc1ccsc1C(=O)c1ccc(F)c(C)c1. The summed E-state index contributed by atoms with van der Waals surface area (Å²) in [6, 6.07) is 6.09. The summed E-state index contributed by atoms with van der Waals surface area (Å²) in [4.78, 5) is 12.7. The van der Waals surface area contributed by atoms with Gasteiger partial charge in [0.05, 0.1) is 7.11 Å². The Morgan fingerprint density at radius 2 is 2.12 bits per heavy atom. The van der Waals surface area contributed by atoms with Gasteiger partial charge in [-0.3, -0.25) is 4.79 Å². The van der Waals surface area contributed by atoms with Crippen molar-refractivity contribution in [3.8, 4) is 5.75 Å². The zero-order chi connectivity index (χ0) is 12.4. The van der Waals surface area contributed by atoms with Crippen LogP contribution >= 0.6 is 11.3 Å². The van der Waals surface area contributed by atoms with Crippen LogP contribution in [0.4, 0.5) is 4.39 Å². The average molecular weight is 250 g/mol. The largest absolute Gasteiger partial charge is 0.495 e. The Bertz CT molecular complexity index is 560. The lowest BCUT2D eigenvalue weighted by atomic mass is 10.1. The Labute approximate surface area is 103 Å². The molecular weight excluding hydrogens is 239 g/mol. The summed E-state index contributed by atoms with van der Waals surface area (Å²) in [5.74, 6) is 0.113. The smallest absolute Gasteiger partial charge is 0.206 e. The van der Waals surface area contributed by atoms with Crippen LogP contribution in [-0.4, -0.2) is 12.9 Å². The van der Waals surface area contributed by atoms with Crippen LogP contribution in [0.25, 0.3) is 0 Å². The van der Waals surface area contributed by atoms with Gasteiger partial charge in [-0.1, -0.05) is 0 Å². The fraction of sp³-hybridized carbons (Fsp3) is 0.154. The van der Waals surface area contributed by atoms with Crippen molar-refractivity contribution < 1.29 is 13.9 Å². The quantitative estimate of drug-likeness (QED) is 0.780. The van der Waals surface area contributed by atoms with Crippen LogP contribution in [0.2, 0.25) is 0 Å². The van der Waals surface area contributed by atoms with Gasteiger partial charge in [0.1, 0.15) is 16.4 Å². The molecule has 0 unspecified atom stereocenters. The van der Waals surface area contributed by atoms with Crippen molar-refractivity contribution >= 4 is 17.1 Å². The van der Waals surface area contributed by atoms with Crippen LogP contribution in [-0.2, 0) is 0 Å². The lowest BCUT2D eigenvalue weighted by Crippen LogP contribution is -2.01. The first-order valence-electron chi connectivity index (χ1n) is 5.06. The molecule has 1 heterocycles. The molecule has 88 valence electrons. The highest BCUT2D eigenvalue weighted by Crippen LogP contribution is 2.27. The lowest BCUT2D eigenvalue weighted by Gasteiger charge is -2.03. The van der Waals surface area contributed by atoms with Gasteiger partial charge >= 0.3 is 0 Å². The third-order valence-electron chi connectivity index (χ3n) is 2.48. The summed E-state index contributed by atoms with van der Waals surface area (Å²) in [6.07, 6.45) is 0. The van der Waals surface area contributed by atoms with Gasteiger partial charge in [-0.05, 0) is 42.1 Å². The van der Waals surface area contributed by atoms with E-state index in [1.165, 1.54) is 30.6 Å². The summed E-state index contributed by atoms with van der Waals surface area (Å²) < 4.78 is 18.2. The molecule has 17 heavy (non-hydrogen) atoms. The first kappa shape index (κ1) is 11.8. The van der Waals surface area contributed by atoms with E-state index in [4.69, 9.17) is 4.74 Å². The number of carbonyl (C=O) groups is 1. The van der Waals surface area contributed by atoms with Crippen molar-refractivity contribution in [2.24, 2.45) is 0 Å².